The summed E-state index contributed by atoms with van der Waals surface area (Å²) in [6, 6.07) is 0. The summed E-state index contributed by atoms with van der Waals surface area (Å²) in [4.78, 5) is 0. The van der Waals surface area contributed by atoms with E-state index in [2.05, 4.69) is 0 Å². The molecule has 0 aliphatic heterocycles. The second-order valence-electron chi connectivity index (χ2n) is 1.35. The normalized spacial score (nSPS) is 15.3. The molecule has 0 amide bonds. The first-order valence-electron chi connectivity index (χ1n) is 2.23. The molecule has 0 saturated heterocycles. The summed E-state index contributed by atoms with van der Waals surface area (Å²) in [5.41, 5.74) is 0. The van der Waals surface area contributed by atoms with Crippen LogP contribution in [0, 0.1) is 0 Å². The molecule has 42 valence electrons. The van der Waals surface area contributed by atoms with Gasteiger partial charge in [0.25, 0.3) is 0 Å². The van der Waals surface area contributed by atoms with Crippen molar-refractivity contribution in [3.8, 4) is 0 Å². The highest BCUT2D eigenvalue weighted by Gasteiger charge is 1.80. The Balaban J connectivity index is 3.08. The highest BCUT2D eigenvalue weighted by Crippen LogP contribution is 1.79. The standard InChI is InChI=1S/C5H10O2/c1-5(7)3-2-4-6/h2-3,5-7H,4H2,1H3/b3-2+/t5-/m0/s1. The van der Waals surface area contributed by atoms with Crippen LogP contribution < -0.4 is 0 Å². The number of hydrogen-bond acceptors (Lipinski definition) is 2. The van der Waals surface area contributed by atoms with Crippen molar-refractivity contribution in [3.05, 3.63) is 12.2 Å². The molecule has 0 unspecified atom stereocenters. The van der Waals surface area contributed by atoms with Gasteiger partial charge in [-0.3, -0.25) is 0 Å². The number of aliphatic hydroxyl groups excluding tert-OH is 2. The highest BCUT2D eigenvalue weighted by molar-refractivity contribution is 4.85. The summed E-state index contributed by atoms with van der Waals surface area (Å²) < 4.78 is 0. The lowest BCUT2D eigenvalue weighted by Crippen LogP contribution is -1.91. The first-order valence-corrected chi connectivity index (χ1v) is 2.23. The van der Waals surface area contributed by atoms with Crippen molar-refractivity contribution in [1.82, 2.24) is 0 Å². The topological polar surface area (TPSA) is 40.5 Å². The smallest absolute Gasteiger partial charge is 0.0693 e. The van der Waals surface area contributed by atoms with Crippen LogP contribution in [0.3, 0.4) is 0 Å². The van der Waals surface area contributed by atoms with Gasteiger partial charge in [0.1, 0.15) is 0 Å². The number of hydrogen-bond donors (Lipinski definition) is 2. The van der Waals surface area contributed by atoms with Crippen LogP contribution in [-0.2, 0) is 0 Å². The van der Waals surface area contributed by atoms with Gasteiger partial charge in [-0.2, -0.15) is 0 Å². The fraction of sp³-hybridized carbons (Fsp3) is 0.600. The third kappa shape index (κ3) is 5.66. The number of rotatable bonds is 2. The van der Waals surface area contributed by atoms with Crippen LogP contribution in [0.5, 0.6) is 0 Å². The maximum absolute atomic E-state index is 8.49. The minimum atomic E-state index is -0.438. The Morgan fingerprint density at radius 1 is 1.71 bits per heavy atom. The Kier molecular flexibility index (Phi) is 3.65. The Morgan fingerprint density at radius 2 is 2.29 bits per heavy atom. The molecule has 1 atom stereocenters. The average molecular weight is 102 g/mol. The van der Waals surface area contributed by atoms with Gasteiger partial charge < -0.3 is 10.2 Å². The molecule has 2 heteroatoms. The van der Waals surface area contributed by atoms with Gasteiger partial charge in [-0.1, -0.05) is 12.2 Å². The number of aliphatic hydroxyl groups is 2. The molecule has 0 aliphatic rings. The zero-order chi connectivity index (χ0) is 5.70. The average Bonchev–Trinajstić information content (AvgIpc) is 1.61. The van der Waals surface area contributed by atoms with Gasteiger partial charge in [0.2, 0.25) is 0 Å². The van der Waals surface area contributed by atoms with Gasteiger partial charge in [0.15, 0.2) is 0 Å². The molecule has 2 nitrogen and oxygen atoms in total. The van der Waals surface area contributed by atoms with Crippen molar-refractivity contribution in [2.45, 2.75) is 13.0 Å². The predicted molar refractivity (Wildman–Crippen MR) is 27.9 cm³/mol. The quantitative estimate of drug-likeness (QED) is 0.478. The summed E-state index contributed by atoms with van der Waals surface area (Å²) in [5, 5.41) is 16.6. The SMILES string of the molecule is C[C@H](O)/C=C/CO. The monoisotopic (exact) mass is 102 g/mol. The van der Waals surface area contributed by atoms with E-state index in [0.29, 0.717) is 0 Å². The van der Waals surface area contributed by atoms with Gasteiger partial charge >= 0.3 is 0 Å². The van der Waals surface area contributed by atoms with Crippen LogP contribution >= 0.6 is 0 Å². The molecule has 0 saturated carbocycles. The van der Waals surface area contributed by atoms with Crippen LogP contribution in [0.1, 0.15) is 6.92 Å². The lowest BCUT2D eigenvalue weighted by molar-refractivity contribution is 0.242. The molecule has 0 aromatic carbocycles. The van der Waals surface area contributed by atoms with Crippen LogP contribution in [0.15, 0.2) is 12.2 Å². The molecule has 0 fully saturated rings. The van der Waals surface area contributed by atoms with E-state index in [1.807, 2.05) is 0 Å². The molecule has 0 aliphatic carbocycles. The summed E-state index contributed by atoms with van der Waals surface area (Å²) in [7, 11) is 0. The molecule has 2 N–H and O–H groups in total. The third-order valence-corrected chi connectivity index (χ3v) is 0.520. The van der Waals surface area contributed by atoms with E-state index in [1.165, 1.54) is 12.2 Å². The molecule has 0 aromatic rings. The Labute approximate surface area is 43.1 Å². The molecule has 0 rings (SSSR count). The molecule has 0 radical (unpaired) electrons. The Morgan fingerprint density at radius 3 is 2.43 bits per heavy atom. The molecule has 0 aromatic heterocycles. The van der Waals surface area contributed by atoms with Crippen molar-refractivity contribution in [3.63, 3.8) is 0 Å². The van der Waals surface area contributed by atoms with Crippen LogP contribution in [0.25, 0.3) is 0 Å². The van der Waals surface area contributed by atoms with Gasteiger partial charge in [-0.25, -0.2) is 0 Å². The van der Waals surface area contributed by atoms with Crippen molar-refractivity contribution >= 4 is 0 Å². The first kappa shape index (κ1) is 6.66. The zero-order valence-corrected chi connectivity index (χ0v) is 4.33. The van der Waals surface area contributed by atoms with Crippen LogP contribution in [-0.4, -0.2) is 22.9 Å². The largest absolute Gasteiger partial charge is 0.392 e. The lowest BCUT2D eigenvalue weighted by atomic mass is 10.4. The fourth-order valence-corrected chi connectivity index (χ4v) is 0.258. The maximum Gasteiger partial charge on any atom is 0.0693 e. The second kappa shape index (κ2) is 3.84. The van der Waals surface area contributed by atoms with Crippen LogP contribution in [0.4, 0.5) is 0 Å². The van der Waals surface area contributed by atoms with Crippen LogP contribution in [0.2, 0.25) is 0 Å². The van der Waals surface area contributed by atoms with E-state index in [9.17, 15) is 0 Å². The van der Waals surface area contributed by atoms with E-state index < -0.39 is 6.10 Å². The zero-order valence-electron chi connectivity index (χ0n) is 4.33. The second-order valence-corrected chi connectivity index (χ2v) is 1.35. The molecular weight excluding hydrogens is 92.1 g/mol. The summed E-state index contributed by atoms with van der Waals surface area (Å²) in [6.07, 6.45) is 2.59. The minimum absolute atomic E-state index is 0.00486. The van der Waals surface area contributed by atoms with Crippen molar-refractivity contribution < 1.29 is 10.2 Å². The van der Waals surface area contributed by atoms with Crippen molar-refractivity contribution in [2.75, 3.05) is 6.61 Å². The third-order valence-electron chi connectivity index (χ3n) is 0.520. The molecule has 7 heavy (non-hydrogen) atoms. The Hall–Kier alpha value is -0.340. The predicted octanol–water partition coefficient (Wildman–Crippen LogP) is -0.0843. The van der Waals surface area contributed by atoms with Crippen molar-refractivity contribution in [2.24, 2.45) is 0 Å². The molecule has 0 spiro atoms. The molecule has 0 bridgehead atoms. The van der Waals surface area contributed by atoms with E-state index in [0.717, 1.165) is 0 Å². The van der Waals surface area contributed by atoms with Gasteiger partial charge in [0, 0.05) is 0 Å². The highest BCUT2D eigenvalue weighted by atomic mass is 16.3. The fourth-order valence-electron chi connectivity index (χ4n) is 0.258. The summed E-state index contributed by atoms with van der Waals surface area (Å²) >= 11 is 0. The minimum Gasteiger partial charge on any atom is -0.392 e. The van der Waals surface area contributed by atoms with Gasteiger partial charge in [-0.05, 0) is 6.92 Å². The van der Waals surface area contributed by atoms with E-state index in [-0.39, 0.29) is 6.61 Å². The molecular formula is C5H10O2. The van der Waals surface area contributed by atoms with Gasteiger partial charge in [-0.15, -0.1) is 0 Å². The summed E-state index contributed by atoms with van der Waals surface area (Å²) in [5.74, 6) is 0. The summed E-state index contributed by atoms with van der Waals surface area (Å²) in [6.45, 7) is 1.64. The molecule has 0 heterocycles. The van der Waals surface area contributed by atoms with E-state index >= 15 is 0 Å². The van der Waals surface area contributed by atoms with Gasteiger partial charge in [0.05, 0.1) is 12.7 Å². The van der Waals surface area contributed by atoms with E-state index in [1.54, 1.807) is 6.92 Å². The maximum atomic E-state index is 8.49. The lowest BCUT2D eigenvalue weighted by Gasteiger charge is -1.88. The first-order chi connectivity index (χ1) is 3.27. The van der Waals surface area contributed by atoms with E-state index in [4.69, 9.17) is 10.2 Å². The Bertz CT molecular complexity index is 57.1. The van der Waals surface area contributed by atoms with Crippen molar-refractivity contribution in [1.29, 1.82) is 0 Å².